The highest BCUT2D eigenvalue weighted by Gasteiger charge is 2.20. The van der Waals surface area contributed by atoms with Crippen LogP contribution in [-0.2, 0) is 0 Å². The van der Waals surface area contributed by atoms with Crippen LogP contribution in [0.3, 0.4) is 0 Å². The molecule has 1 unspecified atom stereocenters. The number of hydrogen-bond acceptors (Lipinski definition) is 4. The number of ketones is 1. The predicted octanol–water partition coefficient (Wildman–Crippen LogP) is 3.60. The van der Waals surface area contributed by atoms with E-state index in [1.807, 2.05) is 6.92 Å². The Morgan fingerprint density at radius 3 is 2.78 bits per heavy atom. The molecule has 0 aliphatic heterocycles. The number of primary amides is 1. The van der Waals surface area contributed by atoms with Gasteiger partial charge in [0.2, 0.25) is 0 Å². The highest BCUT2D eigenvalue weighted by atomic mass is 32.1. The van der Waals surface area contributed by atoms with Gasteiger partial charge in [0.1, 0.15) is 0 Å². The summed E-state index contributed by atoms with van der Waals surface area (Å²) >= 11 is 1.21. The van der Waals surface area contributed by atoms with Crippen LogP contribution in [-0.4, -0.2) is 11.9 Å². The largest absolute Gasteiger partial charge is 0.410 e. The van der Waals surface area contributed by atoms with Gasteiger partial charge >= 0.3 is 6.09 Å². The molecule has 0 bridgehead atoms. The van der Waals surface area contributed by atoms with Crippen molar-refractivity contribution >= 4 is 23.2 Å². The van der Waals surface area contributed by atoms with E-state index in [-0.39, 0.29) is 11.7 Å². The molecule has 1 atom stereocenters. The number of ether oxygens (including phenoxy) is 1. The average molecular weight is 269 g/mol. The first-order valence-electron chi connectivity index (χ1n) is 6.15. The van der Waals surface area contributed by atoms with Gasteiger partial charge in [-0.3, -0.25) is 4.79 Å². The number of amides is 1. The van der Waals surface area contributed by atoms with E-state index in [0.717, 1.165) is 25.7 Å². The van der Waals surface area contributed by atoms with Crippen molar-refractivity contribution in [3.05, 3.63) is 17.0 Å². The smallest absolute Gasteiger partial charge is 0.399 e. The standard InChI is InChI=1S/C13H19NO3S/c1-3-4-5-6-9(2)11(15)10-7-8-18-12(10)17-13(14)16/h7-9H,3-6H2,1-2H3,(H2,14,16). The molecule has 4 nitrogen and oxygen atoms in total. The van der Waals surface area contributed by atoms with Crippen molar-refractivity contribution in [2.24, 2.45) is 11.7 Å². The van der Waals surface area contributed by atoms with Crippen LogP contribution in [0.4, 0.5) is 4.79 Å². The lowest BCUT2D eigenvalue weighted by molar-refractivity contribution is 0.0920. The van der Waals surface area contributed by atoms with Gasteiger partial charge in [0.15, 0.2) is 10.8 Å². The van der Waals surface area contributed by atoms with E-state index in [4.69, 9.17) is 10.5 Å². The summed E-state index contributed by atoms with van der Waals surface area (Å²) in [6, 6.07) is 1.68. The number of carbonyl (C=O) groups is 2. The van der Waals surface area contributed by atoms with Gasteiger partial charge < -0.3 is 10.5 Å². The monoisotopic (exact) mass is 269 g/mol. The summed E-state index contributed by atoms with van der Waals surface area (Å²) < 4.78 is 4.82. The Morgan fingerprint density at radius 1 is 1.44 bits per heavy atom. The molecule has 0 spiro atoms. The van der Waals surface area contributed by atoms with Crippen LogP contribution < -0.4 is 10.5 Å². The van der Waals surface area contributed by atoms with E-state index >= 15 is 0 Å². The molecule has 1 aromatic rings. The van der Waals surface area contributed by atoms with Crippen molar-refractivity contribution in [1.82, 2.24) is 0 Å². The van der Waals surface area contributed by atoms with Crippen LogP contribution in [0.2, 0.25) is 0 Å². The maximum Gasteiger partial charge on any atom is 0.410 e. The van der Waals surface area contributed by atoms with Crippen LogP contribution in [0.5, 0.6) is 5.06 Å². The number of Topliss-reactive ketones (excluding diaryl/α,β-unsaturated/α-hetero) is 1. The molecule has 0 aromatic carbocycles. The van der Waals surface area contributed by atoms with Crippen LogP contribution in [0.25, 0.3) is 0 Å². The lowest BCUT2D eigenvalue weighted by atomic mass is 9.95. The Labute approximate surface area is 111 Å². The van der Waals surface area contributed by atoms with Crippen molar-refractivity contribution in [1.29, 1.82) is 0 Å². The molecule has 5 heteroatoms. The molecule has 100 valence electrons. The second-order valence-corrected chi connectivity index (χ2v) is 5.18. The van der Waals surface area contributed by atoms with Gasteiger partial charge in [-0.25, -0.2) is 4.79 Å². The summed E-state index contributed by atoms with van der Waals surface area (Å²) in [5.41, 5.74) is 5.42. The predicted molar refractivity (Wildman–Crippen MR) is 72.2 cm³/mol. The van der Waals surface area contributed by atoms with Crippen LogP contribution in [0, 0.1) is 5.92 Å². The van der Waals surface area contributed by atoms with Gasteiger partial charge in [0.25, 0.3) is 0 Å². The molecule has 1 heterocycles. The Hall–Kier alpha value is -1.36. The highest BCUT2D eigenvalue weighted by molar-refractivity contribution is 7.12. The van der Waals surface area contributed by atoms with E-state index < -0.39 is 6.09 Å². The summed E-state index contributed by atoms with van der Waals surface area (Å²) in [5, 5.41) is 2.03. The van der Waals surface area contributed by atoms with Gasteiger partial charge in [0, 0.05) is 5.92 Å². The van der Waals surface area contributed by atoms with Gasteiger partial charge in [-0.2, -0.15) is 0 Å². The fraction of sp³-hybridized carbons (Fsp3) is 0.538. The third kappa shape index (κ3) is 4.14. The van der Waals surface area contributed by atoms with Crippen molar-refractivity contribution in [2.45, 2.75) is 39.5 Å². The number of hydrogen-bond donors (Lipinski definition) is 1. The van der Waals surface area contributed by atoms with Crippen LogP contribution >= 0.6 is 11.3 Å². The van der Waals surface area contributed by atoms with Crippen LogP contribution in [0.15, 0.2) is 11.4 Å². The third-order valence-electron chi connectivity index (χ3n) is 2.78. The second kappa shape index (κ2) is 7.16. The van der Waals surface area contributed by atoms with Crippen molar-refractivity contribution in [2.75, 3.05) is 0 Å². The molecule has 18 heavy (non-hydrogen) atoms. The molecule has 1 amide bonds. The van der Waals surface area contributed by atoms with Crippen molar-refractivity contribution in [3.8, 4) is 5.06 Å². The van der Waals surface area contributed by atoms with Gasteiger partial charge in [0.05, 0.1) is 5.56 Å². The first-order chi connectivity index (χ1) is 8.56. The quantitative estimate of drug-likeness (QED) is 0.607. The van der Waals surface area contributed by atoms with E-state index in [9.17, 15) is 9.59 Å². The lowest BCUT2D eigenvalue weighted by Crippen LogP contribution is -2.18. The highest BCUT2D eigenvalue weighted by Crippen LogP contribution is 2.29. The normalized spacial score (nSPS) is 12.1. The SMILES string of the molecule is CCCCCC(C)C(=O)c1ccsc1OC(N)=O. The Kier molecular flexibility index (Phi) is 5.85. The molecular formula is C13H19NO3S. The minimum absolute atomic E-state index is 0.0172. The average Bonchev–Trinajstić information content (AvgIpc) is 2.75. The number of unbranched alkanes of at least 4 members (excludes halogenated alkanes) is 2. The molecule has 0 saturated heterocycles. The van der Waals surface area contributed by atoms with E-state index in [1.54, 1.807) is 11.4 Å². The molecule has 0 fully saturated rings. The molecule has 0 saturated carbocycles. The Balaban J connectivity index is 2.65. The zero-order valence-electron chi connectivity index (χ0n) is 10.8. The number of thiophene rings is 1. The van der Waals surface area contributed by atoms with Gasteiger partial charge in [-0.05, 0) is 17.9 Å². The van der Waals surface area contributed by atoms with E-state index in [0.29, 0.717) is 10.6 Å². The van der Waals surface area contributed by atoms with Crippen molar-refractivity contribution < 1.29 is 14.3 Å². The Bertz CT molecular complexity index is 414. The van der Waals surface area contributed by atoms with E-state index in [1.165, 1.54) is 11.3 Å². The second-order valence-electron chi connectivity index (χ2n) is 4.30. The zero-order valence-corrected chi connectivity index (χ0v) is 11.6. The molecular weight excluding hydrogens is 250 g/mol. The fourth-order valence-electron chi connectivity index (χ4n) is 1.75. The maximum absolute atomic E-state index is 12.2. The molecule has 0 aliphatic carbocycles. The molecule has 1 aromatic heterocycles. The van der Waals surface area contributed by atoms with Crippen molar-refractivity contribution in [3.63, 3.8) is 0 Å². The molecule has 1 rings (SSSR count). The van der Waals surface area contributed by atoms with Crippen LogP contribution in [0.1, 0.15) is 49.9 Å². The third-order valence-corrected chi connectivity index (χ3v) is 3.57. The summed E-state index contributed by atoms with van der Waals surface area (Å²) in [6.07, 6.45) is 3.28. The van der Waals surface area contributed by atoms with E-state index in [2.05, 4.69) is 6.92 Å². The topological polar surface area (TPSA) is 69.4 Å². The first-order valence-corrected chi connectivity index (χ1v) is 7.03. The zero-order chi connectivity index (χ0) is 13.5. The Morgan fingerprint density at radius 2 is 2.17 bits per heavy atom. The molecule has 0 aliphatic rings. The summed E-state index contributed by atoms with van der Waals surface area (Å²) in [4.78, 5) is 22.9. The maximum atomic E-state index is 12.2. The minimum Gasteiger partial charge on any atom is -0.399 e. The summed E-state index contributed by atoms with van der Waals surface area (Å²) in [7, 11) is 0. The number of rotatable bonds is 7. The fourth-order valence-corrected chi connectivity index (χ4v) is 2.50. The number of nitrogens with two attached hydrogens (primary N) is 1. The number of carbonyl (C=O) groups excluding carboxylic acids is 2. The van der Waals surface area contributed by atoms with Gasteiger partial charge in [-0.1, -0.05) is 33.1 Å². The summed E-state index contributed by atoms with van der Waals surface area (Å²) in [6.45, 7) is 4.04. The van der Waals surface area contributed by atoms with Gasteiger partial charge in [-0.15, -0.1) is 11.3 Å². The molecule has 2 N–H and O–H groups in total. The summed E-state index contributed by atoms with van der Waals surface area (Å²) in [5.74, 6) is -0.0371. The first kappa shape index (κ1) is 14.7. The molecule has 0 radical (unpaired) electrons. The minimum atomic E-state index is -0.884. The lowest BCUT2D eigenvalue weighted by Gasteiger charge is -2.10.